The molecule has 0 radical (unpaired) electrons. The molecule has 1 aliphatic heterocycles. The van der Waals surface area contributed by atoms with Crippen LogP contribution in [0, 0.1) is 13.8 Å². The van der Waals surface area contributed by atoms with Gasteiger partial charge in [0.2, 0.25) is 0 Å². The van der Waals surface area contributed by atoms with E-state index in [-0.39, 0.29) is 5.91 Å². The highest BCUT2D eigenvalue weighted by atomic mass is 32.2. The van der Waals surface area contributed by atoms with Gasteiger partial charge in [-0.3, -0.25) is 4.79 Å². The van der Waals surface area contributed by atoms with Crippen LogP contribution in [0.2, 0.25) is 0 Å². The lowest BCUT2D eigenvalue weighted by Gasteiger charge is -2.13. The first kappa shape index (κ1) is 15.7. The van der Waals surface area contributed by atoms with E-state index in [9.17, 15) is 4.79 Å². The zero-order valence-corrected chi connectivity index (χ0v) is 14.8. The van der Waals surface area contributed by atoms with Crippen molar-refractivity contribution in [3.63, 3.8) is 0 Å². The Bertz CT molecular complexity index is 1070. The number of aliphatic imine (C=N–C) groups is 1. The molecule has 124 valence electrons. The quantitative estimate of drug-likeness (QED) is 0.708. The minimum atomic E-state index is -0.266. The average molecular weight is 347 g/mol. The summed E-state index contributed by atoms with van der Waals surface area (Å²) in [4.78, 5) is 16.2. The topological polar surface area (TPSA) is 60.4 Å². The fourth-order valence-electron chi connectivity index (χ4n) is 3.27. The zero-order chi connectivity index (χ0) is 17.6. The van der Waals surface area contributed by atoms with Crippen LogP contribution in [0.15, 0.2) is 58.4 Å². The van der Waals surface area contributed by atoms with E-state index in [2.05, 4.69) is 65.9 Å². The van der Waals surface area contributed by atoms with Crippen molar-refractivity contribution in [1.29, 1.82) is 0 Å². The second-order valence-electron chi connectivity index (χ2n) is 6.03. The van der Waals surface area contributed by atoms with Gasteiger partial charge < -0.3 is 10.3 Å². The van der Waals surface area contributed by atoms with Crippen LogP contribution in [0.1, 0.15) is 17.0 Å². The van der Waals surface area contributed by atoms with Crippen molar-refractivity contribution in [2.45, 2.75) is 13.8 Å². The summed E-state index contributed by atoms with van der Waals surface area (Å²) in [6, 6.07) is 16.7. The molecule has 0 spiro atoms. The summed E-state index contributed by atoms with van der Waals surface area (Å²) in [7, 11) is 0. The number of benzene rings is 2. The summed E-state index contributed by atoms with van der Waals surface area (Å²) in [5.74, 6) is -0.266. The van der Waals surface area contributed by atoms with Crippen LogP contribution in [0.5, 0.6) is 0 Å². The van der Waals surface area contributed by atoms with E-state index >= 15 is 0 Å². The van der Waals surface area contributed by atoms with Gasteiger partial charge in [0, 0.05) is 16.8 Å². The van der Waals surface area contributed by atoms with Crippen LogP contribution in [0.25, 0.3) is 22.5 Å². The van der Waals surface area contributed by atoms with Crippen molar-refractivity contribution < 1.29 is 4.79 Å². The Morgan fingerprint density at radius 2 is 1.88 bits per heavy atom. The monoisotopic (exact) mass is 347 g/mol. The van der Waals surface area contributed by atoms with Gasteiger partial charge in [-0.05, 0) is 54.8 Å². The first-order valence-corrected chi connectivity index (χ1v) is 8.81. The summed E-state index contributed by atoms with van der Waals surface area (Å²) in [6.45, 7) is 4.14. The fraction of sp³-hybridized carbons (Fsp3) is 0.100. The zero-order valence-electron chi connectivity index (χ0n) is 14.0. The molecule has 4 rings (SSSR count). The van der Waals surface area contributed by atoms with Crippen molar-refractivity contribution in [1.82, 2.24) is 4.57 Å². The summed E-state index contributed by atoms with van der Waals surface area (Å²) < 4.78 is 2.23. The van der Waals surface area contributed by atoms with Gasteiger partial charge in [-0.25, -0.2) is 0 Å². The lowest BCUT2D eigenvalue weighted by Crippen LogP contribution is -2.01. The molecule has 5 heteroatoms. The van der Waals surface area contributed by atoms with Gasteiger partial charge in [-0.2, -0.15) is 4.99 Å². The Kier molecular flexibility index (Phi) is 3.73. The molecular weight excluding hydrogens is 330 g/mol. The molecule has 0 atom stereocenters. The van der Waals surface area contributed by atoms with Gasteiger partial charge in [-0.1, -0.05) is 36.4 Å². The van der Waals surface area contributed by atoms with Crippen LogP contribution in [0.4, 0.5) is 0 Å². The lowest BCUT2D eigenvalue weighted by molar-refractivity contribution is -0.113. The summed E-state index contributed by atoms with van der Waals surface area (Å²) in [5, 5.41) is 2.71. The van der Waals surface area contributed by atoms with Crippen molar-refractivity contribution in [2.24, 2.45) is 10.7 Å². The van der Waals surface area contributed by atoms with E-state index in [1.807, 2.05) is 12.1 Å². The Labute approximate surface area is 150 Å². The standard InChI is InChI=1S/C20H17N3OS/c1-12-10-15(11-18-19(24)22-20(21)25-18)13(2)23(12)17-9-5-7-14-6-3-4-8-16(14)17/h3-11H,1-2H3,(H2,21,22,24)/b18-11+. The first-order chi connectivity index (χ1) is 12.0. The van der Waals surface area contributed by atoms with Gasteiger partial charge in [0.05, 0.1) is 10.6 Å². The largest absolute Gasteiger partial charge is 0.378 e. The number of carbonyl (C=O) groups excluding carboxylic acids is 1. The lowest BCUT2D eigenvalue weighted by atomic mass is 10.1. The second kappa shape index (κ2) is 5.93. The number of thioether (sulfide) groups is 1. The highest BCUT2D eigenvalue weighted by Gasteiger charge is 2.21. The minimum Gasteiger partial charge on any atom is -0.378 e. The summed E-state index contributed by atoms with van der Waals surface area (Å²) in [5.41, 5.74) is 9.98. The first-order valence-electron chi connectivity index (χ1n) is 8.00. The smallest absolute Gasteiger partial charge is 0.286 e. The van der Waals surface area contributed by atoms with Crippen LogP contribution >= 0.6 is 11.8 Å². The number of aromatic nitrogens is 1. The molecule has 0 unspecified atom stereocenters. The highest BCUT2D eigenvalue weighted by Crippen LogP contribution is 2.31. The van der Waals surface area contributed by atoms with Gasteiger partial charge >= 0.3 is 0 Å². The minimum absolute atomic E-state index is 0.266. The number of amides is 1. The second-order valence-corrected chi connectivity index (χ2v) is 7.09. The Morgan fingerprint density at radius 3 is 2.64 bits per heavy atom. The molecule has 0 aliphatic carbocycles. The predicted molar refractivity (Wildman–Crippen MR) is 105 cm³/mol. The van der Waals surface area contributed by atoms with Gasteiger partial charge in [0.1, 0.15) is 0 Å². The molecule has 0 saturated carbocycles. The molecule has 3 aromatic rings. The number of nitrogens with two attached hydrogens (primary N) is 1. The number of aryl methyl sites for hydroxylation is 1. The Balaban J connectivity index is 1.86. The molecule has 2 heterocycles. The van der Waals surface area contributed by atoms with Gasteiger partial charge in [0.15, 0.2) is 5.17 Å². The molecule has 2 aromatic carbocycles. The van der Waals surface area contributed by atoms with Crippen molar-refractivity contribution >= 4 is 39.7 Å². The number of hydrogen-bond acceptors (Lipinski definition) is 3. The van der Waals surface area contributed by atoms with E-state index in [4.69, 9.17) is 5.73 Å². The normalized spacial score (nSPS) is 16.0. The third-order valence-corrected chi connectivity index (χ3v) is 5.21. The molecule has 0 saturated heterocycles. The van der Waals surface area contributed by atoms with Crippen molar-refractivity contribution in [3.8, 4) is 5.69 Å². The SMILES string of the molecule is Cc1cc(/C=C2/SC(N)=NC2=O)c(C)n1-c1cccc2ccccc12. The summed E-state index contributed by atoms with van der Waals surface area (Å²) in [6.07, 6.45) is 1.88. The number of nitrogens with zero attached hydrogens (tertiary/aromatic N) is 2. The Hall–Kier alpha value is -2.79. The summed E-state index contributed by atoms with van der Waals surface area (Å²) >= 11 is 1.22. The van der Waals surface area contributed by atoms with E-state index in [0.29, 0.717) is 10.1 Å². The third kappa shape index (κ3) is 2.66. The van der Waals surface area contributed by atoms with Crippen LogP contribution in [0.3, 0.4) is 0 Å². The molecule has 1 aliphatic rings. The van der Waals surface area contributed by atoms with Crippen LogP contribution in [-0.4, -0.2) is 15.6 Å². The number of fused-ring (bicyclic) bond motifs is 1. The maximum absolute atomic E-state index is 11.9. The number of carbonyl (C=O) groups is 1. The number of rotatable bonds is 2. The molecule has 4 nitrogen and oxygen atoms in total. The van der Waals surface area contributed by atoms with E-state index in [1.54, 1.807) is 0 Å². The van der Waals surface area contributed by atoms with Crippen LogP contribution < -0.4 is 5.73 Å². The van der Waals surface area contributed by atoms with Crippen molar-refractivity contribution in [2.75, 3.05) is 0 Å². The van der Waals surface area contributed by atoms with E-state index in [0.717, 1.165) is 22.6 Å². The predicted octanol–water partition coefficient (Wildman–Crippen LogP) is 4.18. The van der Waals surface area contributed by atoms with Crippen molar-refractivity contribution in [3.05, 3.63) is 70.4 Å². The molecule has 2 N–H and O–H groups in total. The van der Waals surface area contributed by atoms with Crippen LogP contribution in [-0.2, 0) is 4.79 Å². The number of hydrogen-bond donors (Lipinski definition) is 1. The van der Waals surface area contributed by atoms with E-state index < -0.39 is 0 Å². The molecule has 25 heavy (non-hydrogen) atoms. The molecule has 0 bridgehead atoms. The fourth-order valence-corrected chi connectivity index (χ4v) is 3.95. The average Bonchev–Trinajstić information content (AvgIpc) is 3.05. The highest BCUT2D eigenvalue weighted by molar-refractivity contribution is 8.18. The van der Waals surface area contributed by atoms with Gasteiger partial charge in [0.25, 0.3) is 5.91 Å². The maximum atomic E-state index is 11.9. The molecule has 1 amide bonds. The molecule has 1 aromatic heterocycles. The molecular formula is C20H17N3OS. The van der Waals surface area contributed by atoms with Gasteiger partial charge in [-0.15, -0.1) is 0 Å². The number of amidine groups is 1. The Morgan fingerprint density at radius 1 is 1.12 bits per heavy atom. The molecule has 0 fully saturated rings. The van der Waals surface area contributed by atoms with E-state index in [1.165, 1.54) is 22.5 Å². The maximum Gasteiger partial charge on any atom is 0.286 e. The third-order valence-electron chi connectivity index (χ3n) is 4.40.